The zero-order chi connectivity index (χ0) is 12.4. The molecule has 0 saturated heterocycles. The van der Waals surface area contributed by atoms with Gasteiger partial charge in [-0.15, -0.1) is 11.3 Å². The molecule has 0 N–H and O–H groups in total. The summed E-state index contributed by atoms with van der Waals surface area (Å²) in [5.74, 6) is 0.917. The molecule has 0 amide bonds. The van der Waals surface area contributed by atoms with Gasteiger partial charge in [0.25, 0.3) is 0 Å². The minimum atomic E-state index is 0.692. The smallest absolute Gasteiger partial charge is 0.119 e. The molecule has 0 spiro atoms. The van der Waals surface area contributed by atoms with E-state index in [1.54, 1.807) is 11.3 Å². The van der Waals surface area contributed by atoms with Crippen molar-refractivity contribution in [3.8, 4) is 17.0 Å². The zero-order valence-electron chi connectivity index (χ0n) is 10.1. The molecule has 0 aliphatic heterocycles. The molecule has 0 fully saturated rings. The zero-order valence-corrected chi connectivity index (χ0v) is 10.9. The fraction of sp³-hybridized carbons (Fsp3) is 0.133. The molecule has 3 heteroatoms. The summed E-state index contributed by atoms with van der Waals surface area (Å²) in [4.78, 5) is 4.38. The predicted molar refractivity (Wildman–Crippen MR) is 76.2 cm³/mol. The van der Waals surface area contributed by atoms with Gasteiger partial charge in [-0.1, -0.05) is 24.3 Å². The van der Waals surface area contributed by atoms with Crippen LogP contribution < -0.4 is 4.74 Å². The first-order valence-electron chi connectivity index (χ1n) is 5.92. The van der Waals surface area contributed by atoms with Crippen LogP contribution in [-0.2, 0) is 0 Å². The Morgan fingerprint density at radius 3 is 2.94 bits per heavy atom. The lowest BCUT2D eigenvalue weighted by Crippen LogP contribution is -1.91. The second-order valence-electron chi connectivity index (χ2n) is 4.00. The molecule has 0 radical (unpaired) electrons. The first kappa shape index (κ1) is 11.2. The highest BCUT2D eigenvalue weighted by molar-refractivity contribution is 7.07. The third-order valence-corrected chi connectivity index (χ3v) is 3.46. The van der Waals surface area contributed by atoms with Crippen molar-refractivity contribution in [3.05, 3.63) is 47.3 Å². The molecule has 18 heavy (non-hydrogen) atoms. The summed E-state index contributed by atoms with van der Waals surface area (Å²) in [6, 6.07) is 12.5. The lowest BCUT2D eigenvalue weighted by Gasteiger charge is -2.07. The number of ether oxygens (including phenoxy) is 1. The lowest BCUT2D eigenvalue weighted by molar-refractivity contribution is 0.341. The first-order chi connectivity index (χ1) is 8.88. The van der Waals surface area contributed by atoms with Gasteiger partial charge in [0.1, 0.15) is 5.75 Å². The van der Waals surface area contributed by atoms with Crippen LogP contribution in [0.25, 0.3) is 22.0 Å². The van der Waals surface area contributed by atoms with E-state index in [0.717, 1.165) is 11.4 Å². The molecule has 2 aromatic carbocycles. The Bertz CT molecular complexity index is 661. The summed E-state index contributed by atoms with van der Waals surface area (Å²) in [6.07, 6.45) is 0. The highest BCUT2D eigenvalue weighted by Crippen LogP contribution is 2.30. The predicted octanol–water partition coefficient (Wildman–Crippen LogP) is 4.36. The van der Waals surface area contributed by atoms with Crippen LogP contribution in [0.3, 0.4) is 0 Å². The van der Waals surface area contributed by atoms with Crippen LogP contribution in [0.4, 0.5) is 0 Å². The molecule has 0 bridgehead atoms. The van der Waals surface area contributed by atoms with Crippen LogP contribution in [0.1, 0.15) is 6.92 Å². The number of hydrogen-bond donors (Lipinski definition) is 0. The van der Waals surface area contributed by atoms with Crippen molar-refractivity contribution < 1.29 is 4.74 Å². The second kappa shape index (κ2) is 4.78. The molecule has 0 aliphatic rings. The Balaban J connectivity index is 2.17. The van der Waals surface area contributed by atoms with E-state index >= 15 is 0 Å². The fourth-order valence-corrected chi connectivity index (χ4v) is 2.64. The molecule has 3 aromatic rings. The van der Waals surface area contributed by atoms with Crippen molar-refractivity contribution in [2.24, 2.45) is 0 Å². The van der Waals surface area contributed by atoms with Crippen LogP contribution in [0.2, 0.25) is 0 Å². The van der Waals surface area contributed by atoms with Crippen molar-refractivity contribution in [2.75, 3.05) is 6.61 Å². The third-order valence-electron chi connectivity index (χ3n) is 2.87. The maximum atomic E-state index is 5.53. The van der Waals surface area contributed by atoms with Crippen LogP contribution >= 0.6 is 11.3 Å². The van der Waals surface area contributed by atoms with Gasteiger partial charge in [0.05, 0.1) is 17.8 Å². The average Bonchev–Trinajstić information content (AvgIpc) is 2.92. The number of hydrogen-bond acceptors (Lipinski definition) is 3. The third kappa shape index (κ3) is 1.97. The highest BCUT2D eigenvalue weighted by Gasteiger charge is 2.06. The van der Waals surface area contributed by atoms with Crippen LogP contribution in [0.5, 0.6) is 5.75 Å². The van der Waals surface area contributed by atoms with Crippen LogP contribution in [-0.4, -0.2) is 11.6 Å². The van der Waals surface area contributed by atoms with Crippen molar-refractivity contribution in [1.29, 1.82) is 0 Å². The van der Waals surface area contributed by atoms with E-state index in [-0.39, 0.29) is 0 Å². The van der Waals surface area contributed by atoms with Gasteiger partial charge < -0.3 is 4.74 Å². The normalized spacial score (nSPS) is 10.7. The molecular weight excluding hydrogens is 242 g/mol. The summed E-state index contributed by atoms with van der Waals surface area (Å²) in [5, 5.41) is 4.48. The Morgan fingerprint density at radius 1 is 1.22 bits per heavy atom. The van der Waals surface area contributed by atoms with E-state index in [4.69, 9.17) is 4.74 Å². The second-order valence-corrected chi connectivity index (χ2v) is 4.71. The Labute approximate surface area is 110 Å². The molecule has 0 saturated carbocycles. The standard InChI is InChI=1S/C15H13NOS/c1-2-17-12-6-7-13-11(8-12)4-3-5-14(13)15-9-18-10-16-15/h3-10H,2H2,1H3. The molecule has 0 atom stereocenters. The fourth-order valence-electron chi connectivity index (χ4n) is 2.09. The molecule has 3 rings (SSSR count). The Hall–Kier alpha value is -1.87. The summed E-state index contributed by atoms with van der Waals surface area (Å²) < 4.78 is 5.53. The Kier molecular flexibility index (Phi) is 2.99. The molecule has 1 aromatic heterocycles. The minimum Gasteiger partial charge on any atom is -0.494 e. The summed E-state index contributed by atoms with van der Waals surface area (Å²) in [7, 11) is 0. The van der Waals surface area contributed by atoms with Gasteiger partial charge in [-0.3, -0.25) is 0 Å². The largest absolute Gasteiger partial charge is 0.494 e. The molecule has 2 nitrogen and oxygen atoms in total. The van der Waals surface area contributed by atoms with Crippen molar-refractivity contribution in [1.82, 2.24) is 4.98 Å². The van der Waals surface area contributed by atoms with Gasteiger partial charge in [0.15, 0.2) is 0 Å². The highest BCUT2D eigenvalue weighted by atomic mass is 32.1. The first-order valence-corrected chi connectivity index (χ1v) is 6.87. The number of rotatable bonds is 3. The maximum absolute atomic E-state index is 5.53. The summed E-state index contributed by atoms with van der Waals surface area (Å²) in [6.45, 7) is 2.69. The van der Waals surface area contributed by atoms with E-state index in [2.05, 4.69) is 40.7 Å². The molecule has 90 valence electrons. The van der Waals surface area contributed by atoms with Crippen molar-refractivity contribution in [2.45, 2.75) is 6.92 Å². The van der Waals surface area contributed by atoms with Crippen molar-refractivity contribution >= 4 is 22.1 Å². The maximum Gasteiger partial charge on any atom is 0.119 e. The van der Waals surface area contributed by atoms with Crippen LogP contribution in [0, 0.1) is 0 Å². The SMILES string of the molecule is CCOc1ccc2c(-c3cscn3)cccc2c1. The molecule has 0 aliphatic carbocycles. The minimum absolute atomic E-state index is 0.692. The van der Waals surface area contributed by atoms with Crippen molar-refractivity contribution in [3.63, 3.8) is 0 Å². The number of benzene rings is 2. The van der Waals surface area contributed by atoms with Gasteiger partial charge in [0, 0.05) is 10.9 Å². The topological polar surface area (TPSA) is 22.1 Å². The number of nitrogens with zero attached hydrogens (tertiary/aromatic N) is 1. The van der Waals surface area contributed by atoms with Gasteiger partial charge >= 0.3 is 0 Å². The van der Waals surface area contributed by atoms with Gasteiger partial charge in [-0.05, 0) is 29.8 Å². The number of thiazole rings is 1. The molecular formula is C15H13NOS. The van der Waals surface area contributed by atoms with Gasteiger partial charge in [-0.25, -0.2) is 4.98 Å². The van der Waals surface area contributed by atoms with Gasteiger partial charge in [0.2, 0.25) is 0 Å². The lowest BCUT2D eigenvalue weighted by atomic mass is 10.0. The quantitative estimate of drug-likeness (QED) is 0.693. The van der Waals surface area contributed by atoms with Gasteiger partial charge in [-0.2, -0.15) is 0 Å². The summed E-state index contributed by atoms with van der Waals surface area (Å²) in [5.41, 5.74) is 4.08. The van der Waals surface area contributed by atoms with E-state index in [0.29, 0.717) is 6.61 Å². The van der Waals surface area contributed by atoms with Crippen LogP contribution in [0.15, 0.2) is 47.3 Å². The molecule has 0 unspecified atom stereocenters. The monoisotopic (exact) mass is 255 g/mol. The number of fused-ring (bicyclic) bond motifs is 1. The van der Waals surface area contributed by atoms with E-state index in [1.807, 2.05) is 18.5 Å². The number of aromatic nitrogens is 1. The van der Waals surface area contributed by atoms with E-state index < -0.39 is 0 Å². The summed E-state index contributed by atoms with van der Waals surface area (Å²) >= 11 is 1.62. The van der Waals surface area contributed by atoms with E-state index in [9.17, 15) is 0 Å². The average molecular weight is 255 g/mol. The Morgan fingerprint density at radius 2 is 2.17 bits per heavy atom. The molecule has 1 heterocycles. The van der Waals surface area contributed by atoms with E-state index in [1.165, 1.54) is 16.3 Å².